The molecule has 2 aromatic rings. The van der Waals surface area contributed by atoms with E-state index in [0.717, 1.165) is 50.9 Å². The minimum Gasteiger partial charge on any atom is -0.384 e. The number of piperidine rings is 1. The van der Waals surface area contributed by atoms with E-state index in [9.17, 15) is 21.6 Å². The van der Waals surface area contributed by atoms with E-state index in [1.54, 1.807) is 23.2 Å². The van der Waals surface area contributed by atoms with Gasteiger partial charge in [0.05, 0.1) is 0 Å². The monoisotopic (exact) mass is 576 g/mol. The molecule has 1 aromatic carbocycles. The largest absolute Gasteiger partial charge is 0.384 e. The Labute approximate surface area is 230 Å². The van der Waals surface area contributed by atoms with Crippen LogP contribution in [0.5, 0.6) is 0 Å². The van der Waals surface area contributed by atoms with Crippen molar-refractivity contribution in [3.05, 3.63) is 48.2 Å². The zero-order chi connectivity index (χ0) is 27.6. The molecule has 39 heavy (non-hydrogen) atoms. The predicted octanol–water partition coefficient (Wildman–Crippen LogP) is 1.19. The third-order valence-electron chi connectivity index (χ3n) is 7.89. The van der Waals surface area contributed by atoms with E-state index in [4.69, 9.17) is 5.73 Å². The molecule has 0 radical (unpaired) electrons. The number of nitrogens with two attached hydrogens (primary N) is 1. The average Bonchev–Trinajstić information content (AvgIpc) is 3.50. The van der Waals surface area contributed by atoms with E-state index in [0.29, 0.717) is 18.9 Å². The van der Waals surface area contributed by atoms with Gasteiger partial charge in [0.2, 0.25) is 26.0 Å². The molecule has 11 nitrogen and oxygen atoms in total. The Balaban J connectivity index is 1.18. The maximum Gasteiger partial charge on any atom is 0.244 e. The van der Waals surface area contributed by atoms with Gasteiger partial charge in [-0.25, -0.2) is 21.8 Å². The second-order valence-electron chi connectivity index (χ2n) is 10.4. The summed E-state index contributed by atoms with van der Waals surface area (Å²) in [5.74, 6) is 0.477. The lowest BCUT2D eigenvalue weighted by Crippen LogP contribution is -2.53. The highest BCUT2D eigenvalue weighted by molar-refractivity contribution is 7.92. The molecule has 0 saturated carbocycles. The molecule has 5 rings (SSSR count). The molecular weight excluding hydrogens is 540 g/mol. The SMILES string of the molecule is Nc1cc(CN2CCC(C(=O)N3CCN(S(=O)(=O)c4ccccc4S(=O)(=O)N4CCCC4)CC3)CC2)ccn1. The molecule has 3 aliphatic rings. The number of pyridine rings is 1. The van der Waals surface area contributed by atoms with Crippen molar-refractivity contribution in [2.75, 3.05) is 58.1 Å². The van der Waals surface area contributed by atoms with Gasteiger partial charge in [-0.15, -0.1) is 0 Å². The highest BCUT2D eigenvalue weighted by atomic mass is 32.2. The van der Waals surface area contributed by atoms with Gasteiger partial charge >= 0.3 is 0 Å². The molecule has 1 aromatic heterocycles. The van der Waals surface area contributed by atoms with Crippen LogP contribution < -0.4 is 5.73 Å². The molecule has 0 spiro atoms. The molecule has 0 bridgehead atoms. The number of benzene rings is 1. The molecule has 1 amide bonds. The summed E-state index contributed by atoms with van der Waals surface area (Å²) in [5.41, 5.74) is 6.88. The standard InChI is InChI=1S/C26H36N6O5S2/c27-25-19-21(7-10-28-25)20-29-13-8-22(9-14-29)26(33)30-15-17-32(18-16-30)39(36,37)24-6-2-1-5-23(24)38(34,35)31-11-3-4-12-31/h1-2,5-7,10,19,22H,3-4,8-9,11-18,20H2,(H2,27,28). The first-order chi connectivity index (χ1) is 18.7. The number of anilines is 1. The second kappa shape index (κ2) is 11.5. The number of amides is 1. The van der Waals surface area contributed by atoms with E-state index in [2.05, 4.69) is 9.88 Å². The van der Waals surface area contributed by atoms with Crippen LogP contribution in [0.1, 0.15) is 31.2 Å². The lowest BCUT2D eigenvalue weighted by molar-refractivity contribution is -0.138. The summed E-state index contributed by atoms with van der Waals surface area (Å²) >= 11 is 0. The normalized spacial score (nSPS) is 20.9. The summed E-state index contributed by atoms with van der Waals surface area (Å²) in [6.45, 7) is 4.00. The summed E-state index contributed by atoms with van der Waals surface area (Å²) in [6, 6.07) is 9.65. The van der Waals surface area contributed by atoms with Crippen LogP contribution in [0.25, 0.3) is 0 Å². The third-order valence-corrected chi connectivity index (χ3v) is 11.9. The van der Waals surface area contributed by atoms with Crippen LogP contribution in [0.2, 0.25) is 0 Å². The fraction of sp³-hybridized carbons (Fsp3) is 0.538. The summed E-state index contributed by atoms with van der Waals surface area (Å²) < 4.78 is 56.3. The number of nitrogens with zero attached hydrogens (tertiary/aromatic N) is 5. The number of carbonyl (C=O) groups excluding carboxylic acids is 1. The molecule has 13 heteroatoms. The van der Waals surface area contributed by atoms with Crippen molar-refractivity contribution in [1.82, 2.24) is 23.4 Å². The van der Waals surface area contributed by atoms with Crippen LogP contribution in [0.4, 0.5) is 5.82 Å². The average molecular weight is 577 g/mol. The van der Waals surface area contributed by atoms with Crippen molar-refractivity contribution in [2.45, 2.75) is 42.0 Å². The van der Waals surface area contributed by atoms with Crippen LogP contribution in [-0.2, 0) is 31.4 Å². The maximum atomic E-state index is 13.6. The van der Waals surface area contributed by atoms with Crippen LogP contribution in [-0.4, -0.2) is 98.5 Å². The van der Waals surface area contributed by atoms with Gasteiger partial charge in [-0.2, -0.15) is 8.61 Å². The van der Waals surface area contributed by atoms with Crippen molar-refractivity contribution in [3.63, 3.8) is 0 Å². The van der Waals surface area contributed by atoms with Crippen molar-refractivity contribution in [1.29, 1.82) is 0 Å². The topological polar surface area (TPSA) is 137 Å². The highest BCUT2D eigenvalue weighted by Gasteiger charge is 2.38. The van der Waals surface area contributed by atoms with Gasteiger partial charge in [0.25, 0.3) is 0 Å². The summed E-state index contributed by atoms with van der Waals surface area (Å²) in [4.78, 5) is 21.0. The van der Waals surface area contributed by atoms with E-state index in [-0.39, 0.29) is 47.8 Å². The number of hydrogen-bond donors (Lipinski definition) is 1. The number of carbonyl (C=O) groups is 1. The maximum absolute atomic E-state index is 13.6. The molecule has 212 valence electrons. The van der Waals surface area contributed by atoms with Crippen molar-refractivity contribution >= 4 is 31.8 Å². The van der Waals surface area contributed by atoms with Crippen LogP contribution >= 0.6 is 0 Å². The van der Waals surface area contributed by atoms with Gasteiger partial charge in [0.15, 0.2) is 0 Å². The number of hydrogen-bond acceptors (Lipinski definition) is 8. The number of nitrogen functional groups attached to an aromatic ring is 1. The molecule has 0 aliphatic carbocycles. The van der Waals surface area contributed by atoms with Crippen LogP contribution in [0.15, 0.2) is 52.4 Å². The Kier molecular flexibility index (Phi) is 8.24. The van der Waals surface area contributed by atoms with Gasteiger partial charge in [-0.05, 0) is 68.6 Å². The zero-order valence-corrected chi connectivity index (χ0v) is 23.6. The Morgan fingerprint density at radius 1 is 0.821 bits per heavy atom. The number of likely N-dealkylation sites (tertiary alicyclic amines) is 1. The fourth-order valence-electron chi connectivity index (χ4n) is 5.68. The molecule has 3 aliphatic heterocycles. The number of rotatable bonds is 7. The van der Waals surface area contributed by atoms with Gasteiger partial charge in [0.1, 0.15) is 15.6 Å². The predicted molar refractivity (Wildman–Crippen MR) is 146 cm³/mol. The smallest absolute Gasteiger partial charge is 0.244 e. The van der Waals surface area contributed by atoms with Crippen molar-refractivity contribution in [2.24, 2.45) is 5.92 Å². The van der Waals surface area contributed by atoms with Crippen LogP contribution in [0, 0.1) is 5.92 Å². The van der Waals surface area contributed by atoms with Crippen molar-refractivity contribution < 1.29 is 21.6 Å². The Morgan fingerprint density at radius 3 is 1.95 bits per heavy atom. The first-order valence-electron chi connectivity index (χ1n) is 13.5. The third kappa shape index (κ3) is 5.97. The minimum atomic E-state index is -4.05. The molecule has 0 unspecified atom stereocenters. The number of piperazine rings is 1. The van der Waals surface area contributed by atoms with Gasteiger partial charge in [-0.1, -0.05) is 12.1 Å². The first-order valence-corrected chi connectivity index (χ1v) is 16.3. The second-order valence-corrected chi connectivity index (χ2v) is 14.2. The van der Waals surface area contributed by atoms with E-state index >= 15 is 0 Å². The van der Waals surface area contributed by atoms with E-state index < -0.39 is 20.0 Å². The molecule has 4 heterocycles. The fourth-order valence-corrected chi connectivity index (χ4v) is 9.40. The van der Waals surface area contributed by atoms with Crippen LogP contribution in [0.3, 0.4) is 0 Å². The molecule has 0 atom stereocenters. The summed E-state index contributed by atoms with van der Waals surface area (Å²) in [7, 11) is -7.96. The molecular formula is C26H36N6O5S2. The summed E-state index contributed by atoms with van der Waals surface area (Å²) in [6.07, 6.45) is 4.73. The minimum absolute atomic E-state index is 0.0665. The lowest BCUT2D eigenvalue weighted by Gasteiger charge is -2.38. The number of sulfonamides is 2. The number of aromatic nitrogens is 1. The van der Waals surface area contributed by atoms with Gasteiger partial charge in [-0.3, -0.25) is 9.69 Å². The van der Waals surface area contributed by atoms with Gasteiger partial charge < -0.3 is 10.6 Å². The quantitative estimate of drug-likeness (QED) is 0.519. The summed E-state index contributed by atoms with van der Waals surface area (Å²) in [5, 5.41) is 0. The molecule has 2 N–H and O–H groups in total. The molecule has 3 saturated heterocycles. The lowest BCUT2D eigenvalue weighted by atomic mass is 9.94. The highest BCUT2D eigenvalue weighted by Crippen LogP contribution is 2.30. The van der Waals surface area contributed by atoms with E-state index in [1.165, 1.54) is 20.7 Å². The first kappa shape index (κ1) is 28.0. The van der Waals surface area contributed by atoms with Gasteiger partial charge in [0, 0.05) is 57.9 Å². The molecule has 3 fully saturated rings. The van der Waals surface area contributed by atoms with Crippen molar-refractivity contribution in [3.8, 4) is 0 Å². The Morgan fingerprint density at radius 2 is 1.38 bits per heavy atom. The van der Waals surface area contributed by atoms with E-state index in [1.807, 2.05) is 12.1 Å². The Hall–Kier alpha value is -2.58. The zero-order valence-electron chi connectivity index (χ0n) is 22.0. The Bertz CT molecular complexity index is 1400.